The first kappa shape index (κ1) is 18.9. The summed E-state index contributed by atoms with van der Waals surface area (Å²) in [7, 11) is 0. The monoisotopic (exact) mass is 368 g/mol. The van der Waals surface area contributed by atoms with Crippen molar-refractivity contribution in [2.45, 2.75) is 26.2 Å². The first-order chi connectivity index (χ1) is 13.1. The number of aliphatic carboxylic acids is 1. The number of ether oxygens (including phenoxy) is 1. The number of nitrogens with zero attached hydrogens (tertiary/aromatic N) is 1. The van der Waals surface area contributed by atoms with Gasteiger partial charge < -0.3 is 20.1 Å². The number of carbonyl (C=O) groups is 2. The highest BCUT2D eigenvalue weighted by Gasteiger charge is 2.30. The lowest BCUT2D eigenvalue weighted by Crippen LogP contribution is -2.38. The number of urea groups is 1. The van der Waals surface area contributed by atoms with Crippen LogP contribution in [-0.4, -0.2) is 35.1 Å². The Morgan fingerprint density at radius 3 is 2.48 bits per heavy atom. The Labute approximate surface area is 158 Å². The Kier molecular flexibility index (Phi) is 6.44. The molecule has 1 saturated heterocycles. The second-order valence-corrected chi connectivity index (χ2v) is 6.73. The summed E-state index contributed by atoms with van der Waals surface area (Å²) in [5.74, 6) is -1.30. The van der Waals surface area contributed by atoms with Gasteiger partial charge in [0.25, 0.3) is 0 Å². The molecule has 1 aliphatic heterocycles. The number of nitrogens with one attached hydrogen (secondary N) is 1. The maximum absolute atomic E-state index is 12.2. The van der Waals surface area contributed by atoms with Gasteiger partial charge in [0.15, 0.2) is 0 Å². The highest BCUT2D eigenvalue weighted by Crippen LogP contribution is 2.16. The molecule has 0 radical (unpaired) electrons. The van der Waals surface area contributed by atoms with Gasteiger partial charge in [0.05, 0.1) is 19.1 Å². The summed E-state index contributed by atoms with van der Waals surface area (Å²) in [5, 5.41) is 11.9. The van der Waals surface area contributed by atoms with Crippen molar-refractivity contribution < 1.29 is 19.4 Å². The van der Waals surface area contributed by atoms with Gasteiger partial charge in [0, 0.05) is 19.6 Å². The number of likely N-dealkylation sites (tertiary alicyclic amines) is 1. The van der Waals surface area contributed by atoms with E-state index in [1.807, 2.05) is 54.6 Å². The molecule has 142 valence electrons. The predicted octanol–water partition coefficient (Wildman–Crippen LogP) is 3.02. The molecule has 3 rings (SSSR count). The van der Waals surface area contributed by atoms with Crippen LogP contribution in [0, 0.1) is 5.92 Å². The van der Waals surface area contributed by atoms with Crippen LogP contribution in [0.5, 0.6) is 0 Å². The zero-order chi connectivity index (χ0) is 19.1. The molecule has 0 aromatic heterocycles. The summed E-state index contributed by atoms with van der Waals surface area (Å²) >= 11 is 0. The molecule has 0 aliphatic carbocycles. The molecule has 2 amide bonds. The fourth-order valence-electron chi connectivity index (χ4n) is 3.13. The van der Waals surface area contributed by atoms with Crippen molar-refractivity contribution in [3.05, 3.63) is 71.3 Å². The first-order valence-electron chi connectivity index (χ1n) is 9.07. The van der Waals surface area contributed by atoms with E-state index >= 15 is 0 Å². The SMILES string of the molecule is O=C(O)C1CCN(C(=O)NCc2cccc(COCc3ccccc3)c2)C1. The van der Waals surface area contributed by atoms with Gasteiger partial charge in [-0.2, -0.15) is 0 Å². The summed E-state index contributed by atoms with van der Waals surface area (Å²) in [6, 6.07) is 17.7. The normalized spacial score (nSPS) is 16.3. The number of hydrogen-bond acceptors (Lipinski definition) is 3. The van der Waals surface area contributed by atoms with Gasteiger partial charge in [-0.25, -0.2) is 4.79 Å². The zero-order valence-corrected chi connectivity index (χ0v) is 15.1. The van der Waals surface area contributed by atoms with E-state index in [1.54, 1.807) is 4.90 Å². The number of carbonyl (C=O) groups excluding carboxylic acids is 1. The molecule has 1 heterocycles. The summed E-state index contributed by atoms with van der Waals surface area (Å²) in [6.45, 7) is 2.22. The molecule has 1 unspecified atom stereocenters. The zero-order valence-electron chi connectivity index (χ0n) is 15.1. The highest BCUT2D eigenvalue weighted by molar-refractivity contribution is 5.77. The van der Waals surface area contributed by atoms with Crippen LogP contribution < -0.4 is 5.32 Å². The fraction of sp³-hybridized carbons (Fsp3) is 0.333. The summed E-state index contributed by atoms with van der Waals surface area (Å²) in [5.41, 5.74) is 3.16. The molecule has 0 bridgehead atoms. The minimum absolute atomic E-state index is 0.218. The Morgan fingerprint density at radius 1 is 1.04 bits per heavy atom. The van der Waals surface area contributed by atoms with E-state index in [2.05, 4.69) is 5.32 Å². The molecular formula is C21H24N2O4. The predicted molar refractivity (Wildman–Crippen MR) is 101 cm³/mol. The molecule has 6 heteroatoms. The van der Waals surface area contributed by atoms with E-state index in [-0.39, 0.29) is 12.6 Å². The molecule has 1 atom stereocenters. The summed E-state index contributed by atoms with van der Waals surface area (Å²) < 4.78 is 5.75. The lowest BCUT2D eigenvalue weighted by molar-refractivity contribution is -0.141. The van der Waals surface area contributed by atoms with Crippen LogP contribution in [0.1, 0.15) is 23.1 Å². The van der Waals surface area contributed by atoms with Crippen LogP contribution in [0.25, 0.3) is 0 Å². The number of benzene rings is 2. The Hall–Kier alpha value is -2.86. The van der Waals surface area contributed by atoms with Gasteiger partial charge in [0.2, 0.25) is 0 Å². The molecule has 2 aromatic rings. The third-order valence-electron chi connectivity index (χ3n) is 4.64. The van der Waals surface area contributed by atoms with Crippen molar-refractivity contribution >= 4 is 12.0 Å². The molecule has 2 aromatic carbocycles. The lowest BCUT2D eigenvalue weighted by Gasteiger charge is -2.17. The van der Waals surface area contributed by atoms with Crippen molar-refractivity contribution in [2.75, 3.05) is 13.1 Å². The lowest BCUT2D eigenvalue weighted by atomic mass is 10.1. The van der Waals surface area contributed by atoms with Gasteiger partial charge in [-0.1, -0.05) is 54.6 Å². The second-order valence-electron chi connectivity index (χ2n) is 6.73. The summed E-state index contributed by atoms with van der Waals surface area (Å²) in [6.07, 6.45) is 0.511. The molecule has 1 fully saturated rings. The smallest absolute Gasteiger partial charge is 0.317 e. The number of carboxylic acid groups (broad SMARTS) is 1. The van der Waals surface area contributed by atoms with Crippen LogP contribution in [0.4, 0.5) is 4.79 Å². The van der Waals surface area contributed by atoms with Gasteiger partial charge in [-0.05, 0) is 23.1 Å². The number of rotatable bonds is 7. The average Bonchev–Trinajstić information content (AvgIpc) is 3.18. The topological polar surface area (TPSA) is 78.9 Å². The minimum Gasteiger partial charge on any atom is -0.481 e. The third-order valence-corrected chi connectivity index (χ3v) is 4.64. The second kappa shape index (κ2) is 9.19. The van der Waals surface area contributed by atoms with Gasteiger partial charge in [-0.15, -0.1) is 0 Å². The van der Waals surface area contributed by atoms with Gasteiger partial charge in [-0.3, -0.25) is 4.79 Å². The van der Waals surface area contributed by atoms with Crippen LogP contribution in [0.2, 0.25) is 0 Å². The van der Waals surface area contributed by atoms with Crippen LogP contribution in [-0.2, 0) is 29.3 Å². The molecule has 2 N–H and O–H groups in total. The largest absolute Gasteiger partial charge is 0.481 e. The minimum atomic E-state index is -0.839. The standard InChI is InChI=1S/C21H24N2O4/c24-20(25)19-9-10-23(13-19)21(26)22-12-17-7-4-8-18(11-17)15-27-14-16-5-2-1-3-6-16/h1-8,11,19H,9-10,12-15H2,(H,22,26)(H,24,25). The van der Waals surface area contributed by atoms with Gasteiger partial charge >= 0.3 is 12.0 Å². The van der Waals surface area contributed by atoms with Crippen LogP contribution in [0.15, 0.2) is 54.6 Å². The molecule has 0 spiro atoms. The van der Waals surface area contributed by atoms with Crippen molar-refractivity contribution in [2.24, 2.45) is 5.92 Å². The molecular weight excluding hydrogens is 344 g/mol. The van der Waals surface area contributed by atoms with Crippen molar-refractivity contribution in [1.29, 1.82) is 0 Å². The highest BCUT2D eigenvalue weighted by atomic mass is 16.5. The maximum atomic E-state index is 12.2. The number of carboxylic acids is 1. The number of hydrogen-bond donors (Lipinski definition) is 2. The van der Waals surface area contributed by atoms with Crippen LogP contribution in [0.3, 0.4) is 0 Å². The Balaban J connectivity index is 1.45. The molecule has 0 saturated carbocycles. The summed E-state index contributed by atoms with van der Waals surface area (Å²) in [4.78, 5) is 24.8. The van der Waals surface area contributed by atoms with E-state index in [0.29, 0.717) is 32.7 Å². The number of amides is 2. The van der Waals surface area contributed by atoms with E-state index in [4.69, 9.17) is 9.84 Å². The fourth-order valence-corrected chi connectivity index (χ4v) is 3.13. The maximum Gasteiger partial charge on any atom is 0.317 e. The Bertz CT molecular complexity index is 779. The molecule has 6 nitrogen and oxygen atoms in total. The van der Waals surface area contributed by atoms with Crippen molar-refractivity contribution in [3.8, 4) is 0 Å². The molecule has 1 aliphatic rings. The van der Waals surface area contributed by atoms with Crippen LogP contribution >= 0.6 is 0 Å². The molecule has 27 heavy (non-hydrogen) atoms. The van der Waals surface area contributed by atoms with E-state index in [9.17, 15) is 9.59 Å². The van der Waals surface area contributed by atoms with Crippen molar-refractivity contribution in [1.82, 2.24) is 10.2 Å². The van der Waals surface area contributed by atoms with E-state index < -0.39 is 11.9 Å². The van der Waals surface area contributed by atoms with E-state index in [1.165, 1.54) is 0 Å². The Morgan fingerprint density at radius 2 is 1.74 bits per heavy atom. The van der Waals surface area contributed by atoms with Crippen molar-refractivity contribution in [3.63, 3.8) is 0 Å². The quantitative estimate of drug-likeness (QED) is 0.787. The van der Waals surface area contributed by atoms with E-state index in [0.717, 1.165) is 16.7 Å². The first-order valence-corrected chi connectivity index (χ1v) is 9.07. The van der Waals surface area contributed by atoms with Gasteiger partial charge in [0.1, 0.15) is 0 Å². The third kappa shape index (κ3) is 5.56. The average molecular weight is 368 g/mol.